The van der Waals surface area contributed by atoms with Crippen LogP contribution < -0.4 is 0 Å². The Labute approximate surface area is 117 Å². The number of nitrogens with zero attached hydrogens (tertiary/aromatic N) is 2. The van der Waals surface area contributed by atoms with Crippen molar-refractivity contribution in [3.05, 3.63) is 30.2 Å². The fraction of sp³-hybridized carbons (Fsp3) is 0.167. The highest BCUT2D eigenvalue weighted by molar-refractivity contribution is 5.96. The molecular formula is C12H10N2O7. The number of rotatable bonds is 6. The normalized spacial score (nSPS) is 10.3. The molecule has 2 aromatic heterocycles. The van der Waals surface area contributed by atoms with Crippen molar-refractivity contribution in [1.29, 1.82) is 0 Å². The van der Waals surface area contributed by atoms with Crippen LogP contribution in [0.2, 0.25) is 0 Å². The third-order valence-corrected chi connectivity index (χ3v) is 2.43. The van der Waals surface area contributed by atoms with Gasteiger partial charge in [-0.15, -0.1) is 0 Å². The van der Waals surface area contributed by atoms with E-state index in [9.17, 15) is 14.4 Å². The van der Waals surface area contributed by atoms with E-state index in [1.807, 2.05) is 0 Å². The lowest BCUT2D eigenvalue weighted by molar-refractivity contribution is -0.140. The number of aliphatic carboxylic acids is 2. The zero-order valence-corrected chi connectivity index (χ0v) is 10.6. The molecule has 0 aliphatic carbocycles. The molecule has 2 rings (SSSR count). The minimum atomic E-state index is -1.33. The molecule has 0 atom stereocenters. The van der Waals surface area contributed by atoms with E-state index in [1.54, 1.807) is 12.1 Å². The second-order valence-corrected chi connectivity index (χ2v) is 4.00. The second kappa shape index (κ2) is 5.90. The van der Waals surface area contributed by atoms with Crippen LogP contribution in [0.15, 0.2) is 33.4 Å². The van der Waals surface area contributed by atoms with E-state index >= 15 is 0 Å². The zero-order chi connectivity index (χ0) is 15.4. The minimum Gasteiger partial charge on any atom is -0.480 e. The van der Waals surface area contributed by atoms with Gasteiger partial charge in [0.25, 0.3) is 5.91 Å². The first-order chi connectivity index (χ1) is 9.97. The topological polar surface area (TPSA) is 134 Å². The van der Waals surface area contributed by atoms with Crippen molar-refractivity contribution < 1.29 is 33.5 Å². The Morgan fingerprint density at radius 1 is 1.14 bits per heavy atom. The summed E-state index contributed by atoms with van der Waals surface area (Å²) in [5.41, 5.74) is -0.205. The van der Waals surface area contributed by atoms with Crippen molar-refractivity contribution in [3.8, 4) is 11.5 Å². The quantitative estimate of drug-likeness (QED) is 0.788. The maximum absolute atomic E-state index is 12.0. The maximum Gasteiger partial charge on any atom is 0.323 e. The van der Waals surface area contributed by atoms with Crippen molar-refractivity contribution in [1.82, 2.24) is 10.1 Å². The van der Waals surface area contributed by atoms with Gasteiger partial charge in [0.15, 0.2) is 11.5 Å². The number of aromatic nitrogens is 1. The third kappa shape index (κ3) is 3.47. The van der Waals surface area contributed by atoms with E-state index in [4.69, 9.17) is 19.2 Å². The average Bonchev–Trinajstić information content (AvgIpc) is 3.06. The number of carboxylic acid groups (broad SMARTS) is 2. The summed E-state index contributed by atoms with van der Waals surface area (Å²) in [5, 5.41) is 20.9. The number of furan rings is 1. The summed E-state index contributed by atoms with van der Waals surface area (Å²) in [6.45, 7) is -1.51. The van der Waals surface area contributed by atoms with Gasteiger partial charge in [-0.2, -0.15) is 0 Å². The number of amides is 1. The highest BCUT2D eigenvalue weighted by Gasteiger charge is 2.24. The lowest BCUT2D eigenvalue weighted by Gasteiger charge is -2.16. The largest absolute Gasteiger partial charge is 0.480 e. The molecular weight excluding hydrogens is 284 g/mol. The van der Waals surface area contributed by atoms with Crippen LogP contribution >= 0.6 is 0 Å². The second-order valence-electron chi connectivity index (χ2n) is 4.00. The van der Waals surface area contributed by atoms with Crippen LogP contribution in [0.3, 0.4) is 0 Å². The highest BCUT2D eigenvalue weighted by Crippen LogP contribution is 2.21. The molecule has 0 saturated heterocycles. The molecule has 9 heteroatoms. The summed E-state index contributed by atoms with van der Waals surface area (Å²) in [7, 11) is 0. The van der Waals surface area contributed by atoms with Crippen molar-refractivity contribution in [2.45, 2.75) is 0 Å². The van der Waals surface area contributed by atoms with E-state index in [0.29, 0.717) is 10.7 Å². The first-order valence-corrected chi connectivity index (χ1v) is 5.71. The van der Waals surface area contributed by atoms with Crippen LogP contribution in [0.5, 0.6) is 0 Å². The van der Waals surface area contributed by atoms with E-state index in [1.165, 1.54) is 12.3 Å². The van der Waals surface area contributed by atoms with Crippen molar-refractivity contribution >= 4 is 17.8 Å². The van der Waals surface area contributed by atoms with Gasteiger partial charge in [0, 0.05) is 6.07 Å². The monoisotopic (exact) mass is 294 g/mol. The molecule has 0 radical (unpaired) electrons. The smallest absolute Gasteiger partial charge is 0.323 e. The fourth-order valence-corrected chi connectivity index (χ4v) is 1.60. The molecule has 0 fully saturated rings. The Hall–Kier alpha value is -3.10. The van der Waals surface area contributed by atoms with Crippen LogP contribution in [0.4, 0.5) is 0 Å². The first-order valence-electron chi connectivity index (χ1n) is 5.71. The number of carboxylic acids is 2. The van der Waals surface area contributed by atoms with Crippen LogP contribution in [-0.2, 0) is 9.59 Å². The molecule has 0 spiro atoms. The van der Waals surface area contributed by atoms with Gasteiger partial charge in [0.1, 0.15) is 13.1 Å². The fourth-order valence-electron chi connectivity index (χ4n) is 1.60. The predicted molar refractivity (Wildman–Crippen MR) is 65.4 cm³/mol. The number of hydrogen-bond acceptors (Lipinski definition) is 6. The number of carbonyl (C=O) groups is 3. The van der Waals surface area contributed by atoms with E-state index in [-0.39, 0.29) is 11.5 Å². The summed E-state index contributed by atoms with van der Waals surface area (Å²) >= 11 is 0. The Balaban J connectivity index is 2.20. The maximum atomic E-state index is 12.0. The van der Waals surface area contributed by atoms with Crippen LogP contribution in [0.1, 0.15) is 10.5 Å². The predicted octanol–water partition coefficient (Wildman–Crippen LogP) is 0.546. The standard InChI is InChI=1S/C12H10N2O7/c15-10(16)5-14(6-11(17)18)12(19)7-4-9(21-13-7)8-2-1-3-20-8/h1-4H,5-6H2,(H,15,16)(H,17,18). The first kappa shape index (κ1) is 14.3. The Morgan fingerprint density at radius 3 is 2.33 bits per heavy atom. The van der Waals surface area contributed by atoms with Gasteiger partial charge in [0.2, 0.25) is 5.76 Å². The average molecular weight is 294 g/mol. The number of hydrogen-bond donors (Lipinski definition) is 2. The molecule has 2 aromatic rings. The van der Waals surface area contributed by atoms with Crippen molar-refractivity contribution in [2.24, 2.45) is 0 Å². The van der Waals surface area contributed by atoms with Crippen molar-refractivity contribution in [3.63, 3.8) is 0 Å². The van der Waals surface area contributed by atoms with Gasteiger partial charge in [-0.25, -0.2) is 0 Å². The molecule has 2 N–H and O–H groups in total. The van der Waals surface area contributed by atoms with Crippen LogP contribution in [-0.4, -0.2) is 51.2 Å². The van der Waals surface area contributed by atoms with Gasteiger partial charge in [-0.1, -0.05) is 5.16 Å². The molecule has 9 nitrogen and oxygen atoms in total. The SMILES string of the molecule is O=C(O)CN(CC(=O)O)C(=O)c1cc(-c2ccco2)on1. The third-order valence-electron chi connectivity index (χ3n) is 2.43. The van der Waals surface area contributed by atoms with Gasteiger partial charge in [-0.3, -0.25) is 14.4 Å². The molecule has 110 valence electrons. The zero-order valence-electron chi connectivity index (χ0n) is 10.6. The summed E-state index contributed by atoms with van der Waals surface area (Å²) < 4.78 is 9.96. The van der Waals surface area contributed by atoms with Crippen LogP contribution in [0.25, 0.3) is 11.5 Å². The Morgan fingerprint density at radius 2 is 1.81 bits per heavy atom. The molecule has 2 heterocycles. The van der Waals surface area contributed by atoms with E-state index < -0.39 is 30.9 Å². The minimum absolute atomic E-state index is 0.175. The molecule has 0 saturated carbocycles. The van der Waals surface area contributed by atoms with Gasteiger partial charge in [-0.05, 0) is 12.1 Å². The Kier molecular flexibility index (Phi) is 4.02. The van der Waals surface area contributed by atoms with Crippen molar-refractivity contribution in [2.75, 3.05) is 13.1 Å². The molecule has 0 aromatic carbocycles. The summed E-state index contributed by atoms with van der Waals surface area (Å²) in [6.07, 6.45) is 1.40. The van der Waals surface area contributed by atoms with E-state index in [2.05, 4.69) is 5.16 Å². The van der Waals surface area contributed by atoms with Gasteiger partial charge in [0.05, 0.1) is 6.26 Å². The number of carbonyl (C=O) groups excluding carboxylic acids is 1. The molecule has 1 amide bonds. The summed E-state index contributed by atoms with van der Waals surface area (Å²) in [6, 6.07) is 4.44. The molecule has 0 aliphatic heterocycles. The molecule has 0 unspecified atom stereocenters. The molecule has 0 bridgehead atoms. The summed E-state index contributed by atoms with van der Waals surface area (Å²) in [5.74, 6) is -3.02. The molecule has 0 aliphatic rings. The lowest BCUT2D eigenvalue weighted by Crippen LogP contribution is -2.39. The van der Waals surface area contributed by atoms with Gasteiger partial charge >= 0.3 is 11.9 Å². The summed E-state index contributed by atoms with van der Waals surface area (Å²) in [4.78, 5) is 34.0. The Bertz CT molecular complexity index is 643. The van der Waals surface area contributed by atoms with Crippen LogP contribution in [0, 0.1) is 0 Å². The highest BCUT2D eigenvalue weighted by atomic mass is 16.5. The molecule has 21 heavy (non-hydrogen) atoms. The van der Waals surface area contributed by atoms with E-state index in [0.717, 1.165) is 0 Å². The van der Waals surface area contributed by atoms with Gasteiger partial charge < -0.3 is 24.1 Å². The lowest BCUT2D eigenvalue weighted by atomic mass is 10.3.